The average Bonchev–Trinajstić information content (AvgIpc) is 3.41. The topological polar surface area (TPSA) is 197 Å². The number of aliphatic hydroxyl groups is 3. The van der Waals surface area contributed by atoms with Crippen LogP contribution < -0.4 is 5.73 Å². The normalized spacial score (nSPS) is 32.1. The van der Waals surface area contributed by atoms with Crippen LogP contribution in [0.1, 0.15) is 42.7 Å². The van der Waals surface area contributed by atoms with E-state index in [0.29, 0.717) is 5.56 Å². The number of rotatable bonds is 7. The third-order valence-electron chi connectivity index (χ3n) is 8.80. The molecule has 0 spiro atoms. The van der Waals surface area contributed by atoms with Crippen molar-refractivity contribution < 1.29 is 49.1 Å². The van der Waals surface area contributed by atoms with E-state index in [1.54, 1.807) is 12.1 Å². The minimum atomic E-state index is -2.97. The van der Waals surface area contributed by atoms with Crippen LogP contribution in [-0.2, 0) is 28.7 Å². The molecule has 12 nitrogen and oxygen atoms in total. The Kier molecular flexibility index (Phi) is 6.97. The predicted octanol–water partition coefficient (Wildman–Crippen LogP) is 0.616. The lowest BCUT2D eigenvalue weighted by molar-refractivity contribution is -0.179. The molecule has 2 fully saturated rings. The SMILES string of the molecule is CN(C)[C@H]1C(=O)C(C(N)=O)=C(O)[C@@]2(O)C(=O)C3=C(O)c4c(O)cccc4[C@@H](COC4CCCC4)[C@@H]3[C@@H](OC=O)[C@H]12. The van der Waals surface area contributed by atoms with Gasteiger partial charge in [0, 0.05) is 17.4 Å². The molecule has 4 aliphatic rings. The first-order chi connectivity index (χ1) is 19.0. The lowest BCUT2D eigenvalue weighted by Gasteiger charge is -2.54. The number of primary amides is 1. The summed E-state index contributed by atoms with van der Waals surface area (Å²) in [6.07, 6.45) is 2.14. The Labute approximate surface area is 229 Å². The van der Waals surface area contributed by atoms with Crippen LogP contribution in [0.2, 0.25) is 0 Å². The van der Waals surface area contributed by atoms with E-state index < -0.39 is 75.6 Å². The van der Waals surface area contributed by atoms with Gasteiger partial charge in [0.05, 0.1) is 30.2 Å². The second-order valence-electron chi connectivity index (χ2n) is 11.1. The van der Waals surface area contributed by atoms with Gasteiger partial charge in [-0.05, 0) is 38.6 Å². The van der Waals surface area contributed by atoms with Gasteiger partial charge in [-0.2, -0.15) is 0 Å². The third kappa shape index (κ3) is 3.85. The number of phenolic OH excluding ortho intramolecular Hbond substituents is 1. The molecule has 2 saturated carbocycles. The lowest BCUT2D eigenvalue weighted by atomic mass is 9.54. The number of amides is 1. The number of nitrogens with two attached hydrogens (primary N) is 1. The number of likely N-dealkylation sites (N-methyl/N-ethyl adjacent to an activating group) is 1. The zero-order chi connectivity index (χ0) is 29.1. The minimum absolute atomic E-state index is 0.00858. The van der Waals surface area contributed by atoms with Gasteiger partial charge in [-0.1, -0.05) is 25.0 Å². The number of nitrogens with zero attached hydrogens (tertiary/aromatic N) is 1. The molecule has 0 bridgehead atoms. The van der Waals surface area contributed by atoms with E-state index in [1.807, 2.05) is 0 Å². The highest BCUT2D eigenvalue weighted by Crippen LogP contribution is 2.57. The maximum absolute atomic E-state index is 14.2. The molecule has 0 unspecified atom stereocenters. The minimum Gasteiger partial charge on any atom is -0.508 e. The molecule has 12 heteroatoms. The highest BCUT2D eigenvalue weighted by atomic mass is 16.5. The summed E-state index contributed by atoms with van der Waals surface area (Å²) in [6.45, 7) is 0.110. The first-order valence-electron chi connectivity index (χ1n) is 13.1. The van der Waals surface area contributed by atoms with Crippen molar-refractivity contribution in [3.05, 3.63) is 46.2 Å². The van der Waals surface area contributed by atoms with Gasteiger partial charge in [0.1, 0.15) is 28.9 Å². The van der Waals surface area contributed by atoms with Crippen molar-refractivity contribution in [1.29, 1.82) is 0 Å². The number of ketones is 2. The number of hydrogen-bond donors (Lipinski definition) is 5. The van der Waals surface area contributed by atoms with Gasteiger partial charge in [0.2, 0.25) is 5.78 Å². The zero-order valence-electron chi connectivity index (χ0n) is 22.1. The van der Waals surface area contributed by atoms with Crippen LogP contribution in [0, 0.1) is 11.8 Å². The summed E-state index contributed by atoms with van der Waals surface area (Å²) in [6, 6.07) is 3.10. The third-order valence-corrected chi connectivity index (χ3v) is 8.80. The second-order valence-corrected chi connectivity index (χ2v) is 11.1. The average molecular weight is 557 g/mol. The molecule has 40 heavy (non-hydrogen) atoms. The van der Waals surface area contributed by atoms with Crippen molar-refractivity contribution in [2.45, 2.75) is 55.5 Å². The molecule has 0 aliphatic heterocycles. The largest absolute Gasteiger partial charge is 0.508 e. The van der Waals surface area contributed by atoms with Crippen LogP contribution >= 0.6 is 0 Å². The van der Waals surface area contributed by atoms with Gasteiger partial charge in [-0.15, -0.1) is 0 Å². The van der Waals surface area contributed by atoms with Gasteiger partial charge >= 0.3 is 0 Å². The van der Waals surface area contributed by atoms with Crippen molar-refractivity contribution in [3.8, 4) is 5.75 Å². The van der Waals surface area contributed by atoms with E-state index in [9.17, 15) is 39.6 Å². The van der Waals surface area contributed by atoms with Crippen molar-refractivity contribution in [2.24, 2.45) is 17.6 Å². The quantitative estimate of drug-likeness (QED) is 0.233. The Hall–Kier alpha value is -3.74. The van der Waals surface area contributed by atoms with Crippen molar-refractivity contribution >= 4 is 29.7 Å². The molecule has 1 aromatic carbocycles. The molecule has 1 amide bonds. The van der Waals surface area contributed by atoms with E-state index in [0.717, 1.165) is 25.7 Å². The molecule has 0 aromatic heterocycles. The summed E-state index contributed by atoms with van der Waals surface area (Å²) in [4.78, 5) is 53.2. The van der Waals surface area contributed by atoms with Crippen molar-refractivity contribution in [2.75, 3.05) is 20.7 Å². The molecule has 0 heterocycles. The monoisotopic (exact) mass is 556 g/mol. The molecule has 6 N–H and O–H groups in total. The predicted molar refractivity (Wildman–Crippen MR) is 138 cm³/mol. The van der Waals surface area contributed by atoms with Gasteiger partial charge in [0.15, 0.2) is 11.4 Å². The van der Waals surface area contributed by atoms with Gasteiger partial charge in [-0.25, -0.2) is 0 Å². The number of aromatic hydroxyl groups is 1. The summed E-state index contributed by atoms with van der Waals surface area (Å²) >= 11 is 0. The van der Waals surface area contributed by atoms with Crippen LogP contribution in [0.4, 0.5) is 0 Å². The van der Waals surface area contributed by atoms with E-state index in [-0.39, 0.29) is 30.5 Å². The Morgan fingerprint density at radius 1 is 1.18 bits per heavy atom. The van der Waals surface area contributed by atoms with E-state index in [1.165, 1.54) is 25.1 Å². The highest BCUT2D eigenvalue weighted by Gasteiger charge is 2.69. The number of hydrogen-bond acceptors (Lipinski definition) is 11. The van der Waals surface area contributed by atoms with Crippen LogP contribution in [0.3, 0.4) is 0 Å². The zero-order valence-corrected chi connectivity index (χ0v) is 22.1. The lowest BCUT2D eigenvalue weighted by Crippen LogP contribution is -2.71. The Morgan fingerprint density at radius 2 is 1.85 bits per heavy atom. The standard InChI is InChI=1S/C28H32N2O10/c1-30(2)21-20-24(40-11-31)17-14(10-39-12-6-3-4-7-12)13-8-5-9-15(32)16(13)22(33)18(17)25(35)28(20,38)26(36)19(23(21)34)27(29)37/h5,8-9,11-12,14,17,20-21,24,32-33,36,38H,3-4,6-7,10H2,1-2H3,(H2,29,37)/t14-,17+,20+,21-,24-,28+/m1/s1. The first-order valence-corrected chi connectivity index (χ1v) is 13.1. The van der Waals surface area contributed by atoms with Crippen LogP contribution in [-0.4, -0.2) is 93.8 Å². The number of aliphatic hydroxyl groups excluding tert-OH is 2. The van der Waals surface area contributed by atoms with Gasteiger partial charge in [0.25, 0.3) is 12.4 Å². The number of carbonyl (C=O) groups is 4. The highest BCUT2D eigenvalue weighted by molar-refractivity contribution is 6.24. The van der Waals surface area contributed by atoms with E-state index in [2.05, 4.69) is 0 Å². The molecule has 0 saturated heterocycles. The summed E-state index contributed by atoms with van der Waals surface area (Å²) in [5, 5.41) is 45.2. The summed E-state index contributed by atoms with van der Waals surface area (Å²) in [7, 11) is 2.92. The Bertz CT molecular complexity index is 1340. The number of ether oxygens (including phenoxy) is 2. The molecule has 0 radical (unpaired) electrons. The number of phenols is 1. The van der Waals surface area contributed by atoms with Crippen LogP contribution in [0.25, 0.3) is 5.76 Å². The summed E-state index contributed by atoms with van der Waals surface area (Å²) < 4.78 is 11.7. The molecular weight excluding hydrogens is 524 g/mol. The smallest absolute Gasteiger partial charge is 0.293 e. The molecule has 214 valence electrons. The van der Waals surface area contributed by atoms with E-state index in [4.69, 9.17) is 15.2 Å². The molecule has 4 aliphatic carbocycles. The summed E-state index contributed by atoms with van der Waals surface area (Å²) in [5.41, 5.74) is 1.36. The van der Waals surface area contributed by atoms with E-state index >= 15 is 0 Å². The maximum Gasteiger partial charge on any atom is 0.293 e. The Balaban J connectivity index is 1.78. The fourth-order valence-corrected chi connectivity index (χ4v) is 7.09. The second kappa shape index (κ2) is 10.0. The van der Waals surface area contributed by atoms with Crippen LogP contribution in [0.15, 0.2) is 35.1 Å². The molecule has 1 aromatic rings. The Morgan fingerprint density at radius 3 is 2.45 bits per heavy atom. The molecule has 6 atom stereocenters. The van der Waals surface area contributed by atoms with Crippen LogP contribution in [0.5, 0.6) is 5.75 Å². The number of carbonyl (C=O) groups excluding carboxylic acids is 4. The fourth-order valence-electron chi connectivity index (χ4n) is 7.09. The van der Waals surface area contributed by atoms with Crippen molar-refractivity contribution in [1.82, 2.24) is 4.90 Å². The number of Topliss-reactive ketones (excluding diaryl/α,β-unsaturated/α-hetero) is 2. The van der Waals surface area contributed by atoms with Crippen molar-refractivity contribution in [3.63, 3.8) is 0 Å². The number of benzene rings is 1. The first kappa shape index (κ1) is 27.8. The fraction of sp³-hybridized carbons (Fsp3) is 0.500. The molecular formula is C28H32N2O10. The summed E-state index contributed by atoms with van der Waals surface area (Å²) in [5.74, 6) is -9.34. The number of fused-ring (bicyclic) bond motifs is 3. The maximum atomic E-state index is 14.2. The van der Waals surface area contributed by atoms with Gasteiger partial charge < -0.3 is 35.6 Å². The molecule has 5 rings (SSSR count). The van der Waals surface area contributed by atoms with Gasteiger partial charge in [-0.3, -0.25) is 24.1 Å².